The predicted octanol–water partition coefficient (Wildman–Crippen LogP) is 1.99. The minimum Gasteiger partial charge on any atom is -0.444 e. The molecule has 4 heteroatoms. The van der Waals surface area contributed by atoms with Gasteiger partial charge in [-0.1, -0.05) is 0 Å². The third-order valence-corrected chi connectivity index (χ3v) is 2.02. The summed E-state index contributed by atoms with van der Waals surface area (Å²) in [5.74, 6) is 0. The molecule has 82 valence electrons. The van der Waals surface area contributed by atoms with Crippen LogP contribution in [0.5, 0.6) is 0 Å². The summed E-state index contributed by atoms with van der Waals surface area (Å²) in [6, 6.07) is 0. The van der Waals surface area contributed by atoms with Crippen molar-refractivity contribution in [3.8, 4) is 0 Å². The highest BCUT2D eigenvalue weighted by atomic mass is 16.6. The van der Waals surface area contributed by atoms with E-state index in [4.69, 9.17) is 9.47 Å². The highest BCUT2D eigenvalue weighted by molar-refractivity contribution is 5.69. The van der Waals surface area contributed by atoms with Crippen LogP contribution in [0.1, 0.15) is 34.6 Å². The van der Waals surface area contributed by atoms with Crippen LogP contribution in [-0.4, -0.2) is 35.5 Å². The topological polar surface area (TPSA) is 38.8 Å². The molecule has 1 aliphatic heterocycles. The van der Waals surface area contributed by atoms with Crippen molar-refractivity contribution < 1.29 is 14.3 Å². The highest BCUT2D eigenvalue weighted by Crippen LogP contribution is 2.23. The maximum atomic E-state index is 11.7. The van der Waals surface area contributed by atoms with Crippen LogP contribution in [0.3, 0.4) is 0 Å². The second-order valence-corrected chi connectivity index (χ2v) is 5.20. The lowest BCUT2D eigenvalue weighted by atomic mass is 10.1. The van der Waals surface area contributed by atoms with E-state index in [1.54, 1.807) is 4.90 Å². The number of hydrogen-bond acceptors (Lipinski definition) is 3. The summed E-state index contributed by atoms with van der Waals surface area (Å²) in [5, 5.41) is 0. The van der Waals surface area contributed by atoms with Gasteiger partial charge < -0.3 is 9.47 Å². The second-order valence-electron chi connectivity index (χ2n) is 5.20. The summed E-state index contributed by atoms with van der Waals surface area (Å²) in [4.78, 5) is 13.3. The molecule has 1 fully saturated rings. The van der Waals surface area contributed by atoms with Crippen molar-refractivity contribution in [2.75, 3.05) is 13.3 Å². The van der Waals surface area contributed by atoms with E-state index in [1.807, 2.05) is 34.6 Å². The number of amides is 1. The molecule has 0 aromatic heterocycles. The standard InChI is InChI=1S/C10H19NO3/c1-9(2,3)14-8(12)11-7-13-6-10(11,4)5/h6-7H2,1-5H3. The lowest BCUT2D eigenvalue weighted by Gasteiger charge is -2.31. The largest absolute Gasteiger partial charge is 0.444 e. The third-order valence-electron chi connectivity index (χ3n) is 2.02. The number of carbonyl (C=O) groups is 1. The summed E-state index contributed by atoms with van der Waals surface area (Å²) in [6.07, 6.45) is -0.306. The van der Waals surface area contributed by atoms with Crippen molar-refractivity contribution >= 4 is 6.09 Å². The van der Waals surface area contributed by atoms with Gasteiger partial charge in [0.15, 0.2) is 0 Å². The number of rotatable bonds is 0. The average Bonchev–Trinajstić information content (AvgIpc) is 2.25. The lowest BCUT2D eigenvalue weighted by Crippen LogP contribution is -2.46. The van der Waals surface area contributed by atoms with Crippen molar-refractivity contribution in [3.63, 3.8) is 0 Å². The van der Waals surface area contributed by atoms with Gasteiger partial charge in [0.05, 0.1) is 12.1 Å². The Morgan fingerprint density at radius 1 is 1.43 bits per heavy atom. The Morgan fingerprint density at radius 2 is 2.00 bits per heavy atom. The third kappa shape index (κ3) is 2.61. The van der Waals surface area contributed by atoms with E-state index in [-0.39, 0.29) is 11.6 Å². The van der Waals surface area contributed by atoms with Crippen LogP contribution in [-0.2, 0) is 9.47 Å². The van der Waals surface area contributed by atoms with Crippen molar-refractivity contribution in [2.24, 2.45) is 0 Å². The molecule has 1 rings (SSSR count). The first kappa shape index (κ1) is 11.3. The molecule has 1 aliphatic rings. The normalized spacial score (nSPS) is 21.1. The van der Waals surface area contributed by atoms with Gasteiger partial charge in [-0.3, -0.25) is 4.90 Å². The molecule has 0 bridgehead atoms. The van der Waals surface area contributed by atoms with Crippen LogP contribution < -0.4 is 0 Å². The maximum Gasteiger partial charge on any atom is 0.412 e. The molecule has 1 saturated heterocycles. The van der Waals surface area contributed by atoms with Crippen molar-refractivity contribution in [1.29, 1.82) is 0 Å². The predicted molar refractivity (Wildman–Crippen MR) is 53.0 cm³/mol. The van der Waals surface area contributed by atoms with Crippen LogP contribution in [0.15, 0.2) is 0 Å². The molecule has 1 heterocycles. The lowest BCUT2D eigenvalue weighted by molar-refractivity contribution is 0.00922. The number of nitrogens with zero attached hydrogens (tertiary/aromatic N) is 1. The molecule has 0 N–H and O–H groups in total. The first-order valence-electron chi connectivity index (χ1n) is 4.81. The molecule has 0 aromatic carbocycles. The van der Waals surface area contributed by atoms with Gasteiger partial charge in [-0.05, 0) is 34.6 Å². The molecule has 0 atom stereocenters. The van der Waals surface area contributed by atoms with E-state index >= 15 is 0 Å². The number of hydrogen-bond donors (Lipinski definition) is 0. The number of ether oxygens (including phenoxy) is 2. The fourth-order valence-electron chi connectivity index (χ4n) is 1.26. The van der Waals surface area contributed by atoms with E-state index < -0.39 is 5.60 Å². The zero-order valence-electron chi connectivity index (χ0n) is 9.59. The SMILES string of the molecule is CC(C)(C)OC(=O)N1COCC1(C)C. The van der Waals surface area contributed by atoms with E-state index in [1.165, 1.54) is 0 Å². The Bertz CT molecular complexity index is 230. The molecule has 0 aliphatic carbocycles. The smallest absolute Gasteiger partial charge is 0.412 e. The maximum absolute atomic E-state index is 11.7. The van der Waals surface area contributed by atoms with Crippen molar-refractivity contribution in [1.82, 2.24) is 4.90 Å². The first-order valence-corrected chi connectivity index (χ1v) is 4.81. The molecule has 0 saturated carbocycles. The van der Waals surface area contributed by atoms with Crippen LogP contribution in [0.4, 0.5) is 4.79 Å². The van der Waals surface area contributed by atoms with Gasteiger partial charge in [0.1, 0.15) is 12.3 Å². The first-order chi connectivity index (χ1) is 6.22. The summed E-state index contributed by atoms with van der Waals surface area (Å²) < 4.78 is 10.5. The Kier molecular flexibility index (Phi) is 2.76. The molecular weight excluding hydrogens is 182 g/mol. The molecular formula is C10H19NO3. The van der Waals surface area contributed by atoms with E-state index in [0.29, 0.717) is 13.3 Å². The van der Waals surface area contributed by atoms with Crippen LogP contribution in [0.2, 0.25) is 0 Å². The van der Waals surface area contributed by atoms with Gasteiger partial charge in [-0.15, -0.1) is 0 Å². The molecule has 4 nitrogen and oxygen atoms in total. The van der Waals surface area contributed by atoms with E-state index in [0.717, 1.165) is 0 Å². The molecule has 0 spiro atoms. The summed E-state index contributed by atoms with van der Waals surface area (Å²) in [7, 11) is 0. The Labute approximate surface area is 85.2 Å². The van der Waals surface area contributed by atoms with Crippen molar-refractivity contribution in [2.45, 2.75) is 45.8 Å². The van der Waals surface area contributed by atoms with E-state index in [2.05, 4.69) is 0 Å². The zero-order chi connectivity index (χ0) is 11.0. The van der Waals surface area contributed by atoms with Crippen molar-refractivity contribution in [3.05, 3.63) is 0 Å². The second kappa shape index (κ2) is 3.42. The van der Waals surface area contributed by atoms with Gasteiger partial charge in [0, 0.05) is 0 Å². The molecule has 14 heavy (non-hydrogen) atoms. The molecule has 0 unspecified atom stereocenters. The Morgan fingerprint density at radius 3 is 2.36 bits per heavy atom. The summed E-state index contributed by atoms with van der Waals surface area (Å²) in [5.41, 5.74) is -0.710. The Hall–Kier alpha value is -0.770. The monoisotopic (exact) mass is 201 g/mol. The minimum absolute atomic E-state index is 0.262. The Balaban J connectivity index is 2.62. The van der Waals surface area contributed by atoms with E-state index in [9.17, 15) is 4.79 Å². The van der Waals surface area contributed by atoms with Gasteiger partial charge in [-0.2, -0.15) is 0 Å². The summed E-state index contributed by atoms with van der Waals surface area (Å²) in [6.45, 7) is 10.4. The van der Waals surface area contributed by atoms with Crippen LogP contribution in [0, 0.1) is 0 Å². The molecule has 1 amide bonds. The quantitative estimate of drug-likeness (QED) is 0.601. The van der Waals surface area contributed by atoms with Gasteiger partial charge in [-0.25, -0.2) is 4.79 Å². The van der Waals surface area contributed by atoms with Crippen LogP contribution in [0.25, 0.3) is 0 Å². The molecule has 0 radical (unpaired) electrons. The zero-order valence-corrected chi connectivity index (χ0v) is 9.59. The van der Waals surface area contributed by atoms with Gasteiger partial charge in [0.2, 0.25) is 0 Å². The fraction of sp³-hybridized carbons (Fsp3) is 0.900. The van der Waals surface area contributed by atoms with Crippen LogP contribution >= 0.6 is 0 Å². The van der Waals surface area contributed by atoms with Gasteiger partial charge >= 0.3 is 6.09 Å². The average molecular weight is 201 g/mol. The minimum atomic E-state index is -0.449. The highest BCUT2D eigenvalue weighted by Gasteiger charge is 2.38. The number of carbonyl (C=O) groups excluding carboxylic acids is 1. The summed E-state index contributed by atoms with van der Waals surface area (Å²) >= 11 is 0. The fourth-order valence-corrected chi connectivity index (χ4v) is 1.26. The van der Waals surface area contributed by atoms with Gasteiger partial charge in [0.25, 0.3) is 0 Å². The molecule has 0 aromatic rings.